The van der Waals surface area contributed by atoms with Gasteiger partial charge in [-0.1, -0.05) is 45.0 Å². The van der Waals surface area contributed by atoms with Gasteiger partial charge in [0, 0.05) is 11.7 Å². The molecule has 3 heterocycles. The fourth-order valence-corrected chi connectivity index (χ4v) is 7.82. The van der Waals surface area contributed by atoms with Crippen molar-refractivity contribution >= 4 is 33.1 Å². The third-order valence-electron chi connectivity index (χ3n) is 9.56. The molecule has 3 atom stereocenters. The Kier molecular flexibility index (Phi) is 8.93. The number of benzene rings is 2. The van der Waals surface area contributed by atoms with Gasteiger partial charge in [-0.15, -0.1) is 10.2 Å². The highest BCUT2D eigenvalue weighted by molar-refractivity contribution is 7.92. The second-order valence-corrected chi connectivity index (χ2v) is 16.4. The predicted molar refractivity (Wildman–Crippen MR) is 189 cm³/mol. The average molecular weight is 674 g/mol. The summed E-state index contributed by atoms with van der Waals surface area (Å²) in [6, 6.07) is 17.1. The molecule has 1 aliphatic heterocycles. The number of amides is 2. The van der Waals surface area contributed by atoms with Crippen molar-refractivity contribution in [1.82, 2.24) is 24.8 Å². The van der Waals surface area contributed by atoms with Crippen LogP contribution in [0.15, 0.2) is 60.8 Å². The lowest BCUT2D eigenvalue weighted by atomic mass is 9.85. The minimum Gasteiger partial charge on any atom is -0.484 e. The lowest BCUT2D eigenvalue weighted by Crippen LogP contribution is -2.44. The Hall–Kier alpha value is -4.16. The molecule has 4 aromatic rings. The lowest BCUT2D eigenvalue weighted by Gasteiger charge is -2.36. The monoisotopic (exact) mass is 673 g/mol. The second-order valence-electron chi connectivity index (χ2n) is 14.7. The van der Waals surface area contributed by atoms with Gasteiger partial charge in [-0.05, 0) is 105 Å². The third kappa shape index (κ3) is 7.00. The number of urea groups is 1. The molecule has 1 aliphatic carbocycles. The van der Waals surface area contributed by atoms with Crippen LogP contribution >= 0.6 is 0 Å². The maximum Gasteiger partial charge on any atom is 0.319 e. The van der Waals surface area contributed by atoms with E-state index < -0.39 is 10.0 Å². The van der Waals surface area contributed by atoms with E-state index in [-0.39, 0.29) is 29.1 Å². The second kappa shape index (κ2) is 12.7. The van der Waals surface area contributed by atoms with Crippen LogP contribution in [0.2, 0.25) is 0 Å². The van der Waals surface area contributed by atoms with Crippen molar-refractivity contribution in [1.29, 1.82) is 0 Å². The predicted octanol–water partition coefficient (Wildman–Crippen LogP) is 6.89. The molecule has 256 valence electrons. The number of anilines is 2. The molecule has 2 aromatic carbocycles. The number of hydrogen-bond acceptors (Lipinski definition) is 7. The van der Waals surface area contributed by atoms with Gasteiger partial charge in [0.2, 0.25) is 10.0 Å². The zero-order chi connectivity index (χ0) is 34.4. The van der Waals surface area contributed by atoms with E-state index in [0.717, 1.165) is 59.6 Å². The Balaban J connectivity index is 1.20. The SMILES string of the molecule is CC(C)N1CCCC1(C)c1nnc2ccc(O[C@@H]3CC[C@H](NC(=O)Nc4cc(NS(C)(=O)=O)cc(C(C)(C)C)c4)c4ccccc43)cn12. The first-order chi connectivity index (χ1) is 22.6. The zero-order valence-electron chi connectivity index (χ0n) is 28.9. The first-order valence-electron chi connectivity index (χ1n) is 16.7. The molecule has 1 fully saturated rings. The summed E-state index contributed by atoms with van der Waals surface area (Å²) in [4.78, 5) is 15.8. The number of rotatable bonds is 8. The van der Waals surface area contributed by atoms with Crippen molar-refractivity contribution in [2.45, 2.75) is 96.4 Å². The molecule has 1 unspecified atom stereocenters. The van der Waals surface area contributed by atoms with Crippen LogP contribution < -0.4 is 20.1 Å². The first kappa shape index (κ1) is 33.7. The van der Waals surface area contributed by atoms with Gasteiger partial charge in [0.1, 0.15) is 11.9 Å². The van der Waals surface area contributed by atoms with E-state index in [4.69, 9.17) is 4.74 Å². The zero-order valence-corrected chi connectivity index (χ0v) is 29.7. The highest BCUT2D eigenvalue weighted by Crippen LogP contribution is 2.41. The molecule has 0 bridgehead atoms. The molecule has 1 saturated heterocycles. The Morgan fingerprint density at radius 3 is 2.46 bits per heavy atom. The standard InChI is InChI=1S/C36H47N7O4S/c1-23(2)43-18-10-17-36(43,6)33-40-39-32-16-13-27(22-42(32)33)47-31-15-14-30(28-11-8-9-12-29(28)31)38-34(44)37-25-19-24(35(3,4)5)20-26(21-25)41-48(7,45)46/h8-9,11-13,16,19-23,30-31,41H,10,14-15,17-18H2,1-7H3,(H2,37,38,44)/t30-,31+,36?/m0/s1. The molecule has 3 N–H and O–H groups in total. The number of sulfonamides is 1. The van der Waals surface area contributed by atoms with Crippen LogP contribution in [0.5, 0.6) is 5.75 Å². The molecule has 0 radical (unpaired) electrons. The summed E-state index contributed by atoms with van der Waals surface area (Å²) in [6.45, 7) is 13.9. The van der Waals surface area contributed by atoms with Crippen LogP contribution in [0.25, 0.3) is 5.65 Å². The number of carbonyl (C=O) groups excluding carboxylic acids is 1. The van der Waals surface area contributed by atoms with E-state index in [1.807, 2.05) is 63.4 Å². The van der Waals surface area contributed by atoms with Crippen molar-refractivity contribution in [3.8, 4) is 5.75 Å². The van der Waals surface area contributed by atoms with Crippen molar-refractivity contribution in [2.24, 2.45) is 0 Å². The fraction of sp³-hybridized carbons (Fsp3) is 0.472. The Morgan fingerprint density at radius 2 is 1.75 bits per heavy atom. The quantitative estimate of drug-likeness (QED) is 0.186. The number of aromatic nitrogens is 3. The van der Waals surface area contributed by atoms with Gasteiger partial charge < -0.3 is 15.4 Å². The van der Waals surface area contributed by atoms with Crippen LogP contribution in [0, 0.1) is 0 Å². The van der Waals surface area contributed by atoms with Crippen molar-refractivity contribution in [3.05, 3.63) is 83.3 Å². The number of nitrogens with zero attached hydrogens (tertiary/aromatic N) is 4. The summed E-state index contributed by atoms with van der Waals surface area (Å²) in [5, 5.41) is 15.2. The fourth-order valence-electron chi connectivity index (χ4n) is 7.28. The van der Waals surface area contributed by atoms with E-state index in [1.54, 1.807) is 12.1 Å². The summed E-state index contributed by atoms with van der Waals surface area (Å²) in [5.74, 6) is 1.67. The molecule has 2 aliphatic rings. The first-order valence-corrected chi connectivity index (χ1v) is 18.6. The van der Waals surface area contributed by atoms with Gasteiger partial charge in [-0.2, -0.15) is 0 Å². The minimum absolute atomic E-state index is 0.193. The molecule has 2 amide bonds. The van der Waals surface area contributed by atoms with Gasteiger partial charge in [0.25, 0.3) is 0 Å². The van der Waals surface area contributed by atoms with Crippen LogP contribution in [-0.2, 0) is 21.0 Å². The molecule has 0 saturated carbocycles. The van der Waals surface area contributed by atoms with Crippen molar-refractivity contribution in [2.75, 3.05) is 22.8 Å². The number of pyridine rings is 1. The largest absolute Gasteiger partial charge is 0.484 e. The van der Waals surface area contributed by atoms with Crippen LogP contribution in [-0.4, -0.2) is 52.8 Å². The molecular weight excluding hydrogens is 627 g/mol. The Morgan fingerprint density at radius 1 is 1.02 bits per heavy atom. The maximum absolute atomic E-state index is 13.3. The van der Waals surface area contributed by atoms with Crippen LogP contribution in [0.3, 0.4) is 0 Å². The van der Waals surface area contributed by atoms with E-state index in [2.05, 4.69) is 61.7 Å². The normalized spacial score (nSPS) is 21.7. The van der Waals surface area contributed by atoms with Gasteiger partial charge in [-0.25, -0.2) is 13.2 Å². The van der Waals surface area contributed by atoms with Gasteiger partial charge in [-0.3, -0.25) is 14.0 Å². The lowest BCUT2D eigenvalue weighted by molar-refractivity contribution is 0.108. The van der Waals surface area contributed by atoms with E-state index in [0.29, 0.717) is 30.3 Å². The van der Waals surface area contributed by atoms with Gasteiger partial charge in [0.15, 0.2) is 11.5 Å². The topological polar surface area (TPSA) is 130 Å². The van der Waals surface area contributed by atoms with Crippen molar-refractivity contribution in [3.63, 3.8) is 0 Å². The van der Waals surface area contributed by atoms with E-state index in [9.17, 15) is 13.2 Å². The summed E-state index contributed by atoms with van der Waals surface area (Å²) in [5.41, 5.74) is 4.15. The van der Waals surface area contributed by atoms with Gasteiger partial charge >= 0.3 is 6.03 Å². The molecule has 12 heteroatoms. The molecule has 2 aromatic heterocycles. The summed E-state index contributed by atoms with van der Waals surface area (Å²) in [6.07, 6.45) is 6.45. The summed E-state index contributed by atoms with van der Waals surface area (Å²) in [7, 11) is -3.49. The molecule has 48 heavy (non-hydrogen) atoms. The van der Waals surface area contributed by atoms with Crippen molar-refractivity contribution < 1.29 is 17.9 Å². The van der Waals surface area contributed by atoms with Gasteiger partial charge in [0.05, 0.1) is 29.7 Å². The maximum atomic E-state index is 13.3. The van der Waals surface area contributed by atoms with Crippen LogP contribution in [0.1, 0.15) is 102 Å². The summed E-state index contributed by atoms with van der Waals surface area (Å²) >= 11 is 0. The number of carbonyl (C=O) groups is 1. The Bertz CT molecular complexity index is 1930. The smallest absolute Gasteiger partial charge is 0.319 e. The minimum atomic E-state index is -3.49. The number of fused-ring (bicyclic) bond motifs is 2. The highest BCUT2D eigenvalue weighted by atomic mass is 32.2. The summed E-state index contributed by atoms with van der Waals surface area (Å²) < 4.78 is 35.2. The molecule has 6 rings (SSSR count). The molecule has 11 nitrogen and oxygen atoms in total. The number of likely N-dealkylation sites (tertiary alicyclic amines) is 1. The molecule has 0 spiro atoms. The third-order valence-corrected chi connectivity index (χ3v) is 10.2. The van der Waals surface area contributed by atoms with E-state index in [1.165, 1.54) is 0 Å². The average Bonchev–Trinajstić information content (AvgIpc) is 3.61. The molecular formula is C36H47N7O4S. The van der Waals surface area contributed by atoms with Crippen LogP contribution in [0.4, 0.5) is 16.2 Å². The van der Waals surface area contributed by atoms with E-state index >= 15 is 0 Å². The Labute approximate surface area is 283 Å². The number of ether oxygens (including phenoxy) is 1. The number of hydrogen-bond donors (Lipinski definition) is 3. The highest BCUT2D eigenvalue weighted by Gasteiger charge is 2.43. The number of nitrogens with one attached hydrogen (secondary N) is 3.